The van der Waals surface area contributed by atoms with Crippen molar-refractivity contribution in [3.8, 4) is 0 Å². The summed E-state index contributed by atoms with van der Waals surface area (Å²) in [6.07, 6.45) is 4.14. The van der Waals surface area contributed by atoms with Gasteiger partial charge >= 0.3 is 6.09 Å². The molecule has 1 amide bonds. The molecule has 2 rings (SSSR count). The van der Waals surface area contributed by atoms with E-state index in [2.05, 4.69) is 16.4 Å². The van der Waals surface area contributed by atoms with Gasteiger partial charge in [0, 0.05) is 18.4 Å². The first kappa shape index (κ1) is 12.0. The van der Waals surface area contributed by atoms with Crippen LogP contribution in [0.25, 0.3) is 0 Å². The number of carbonyl (C=O) groups excluding carboxylic acids is 1. The number of carbonyl (C=O) groups is 1. The highest BCUT2D eigenvalue weighted by molar-refractivity contribution is 5.67. The molecule has 0 bridgehead atoms. The van der Waals surface area contributed by atoms with E-state index >= 15 is 0 Å². The minimum Gasteiger partial charge on any atom is -0.444 e. The lowest BCUT2D eigenvalue weighted by molar-refractivity contribution is 0.0523. The third kappa shape index (κ3) is 3.80. The quantitative estimate of drug-likeness (QED) is 0.847. The van der Waals surface area contributed by atoms with Crippen LogP contribution in [0.5, 0.6) is 0 Å². The van der Waals surface area contributed by atoms with Gasteiger partial charge in [-0.3, -0.25) is 0 Å². The average molecular weight is 236 g/mol. The second-order valence-electron chi connectivity index (χ2n) is 5.59. The Labute approximate surface area is 102 Å². The van der Waals surface area contributed by atoms with Crippen molar-refractivity contribution in [1.29, 1.82) is 0 Å². The lowest BCUT2D eigenvalue weighted by atomic mass is 10.2. The second kappa shape index (κ2) is 4.43. The Hall–Kier alpha value is -1.45. The number of amides is 1. The highest BCUT2D eigenvalue weighted by Gasteiger charge is 2.24. The summed E-state index contributed by atoms with van der Waals surface area (Å²) in [7, 11) is 0. The molecule has 0 aliphatic heterocycles. The Balaban J connectivity index is 1.78. The Morgan fingerprint density at radius 2 is 2.24 bits per heavy atom. The van der Waals surface area contributed by atoms with E-state index in [0.29, 0.717) is 12.5 Å². The number of ether oxygens (including phenoxy) is 1. The van der Waals surface area contributed by atoms with Crippen LogP contribution in [0, 0.1) is 0 Å². The zero-order chi connectivity index (χ0) is 12.5. The summed E-state index contributed by atoms with van der Waals surface area (Å²) in [5.74, 6) is 0.713. The van der Waals surface area contributed by atoms with Gasteiger partial charge < -0.3 is 15.0 Å². The fourth-order valence-corrected chi connectivity index (χ4v) is 1.68. The van der Waals surface area contributed by atoms with Gasteiger partial charge in [-0.05, 0) is 51.2 Å². The summed E-state index contributed by atoms with van der Waals surface area (Å²) >= 11 is 0. The van der Waals surface area contributed by atoms with Gasteiger partial charge in [0.25, 0.3) is 0 Å². The molecule has 4 heteroatoms. The van der Waals surface area contributed by atoms with Crippen LogP contribution in [-0.4, -0.2) is 16.7 Å². The maximum absolute atomic E-state index is 11.4. The summed E-state index contributed by atoms with van der Waals surface area (Å²) in [6.45, 7) is 6.08. The first-order chi connectivity index (χ1) is 7.94. The van der Waals surface area contributed by atoms with Gasteiger partial charge in [-0.15, -0.1) is 0 Å². The first-order valence-corrected chi connectivity index (χ1v) is 6.08. The van der Waals surface area contributed by atoms with Crippen LogP contribution in [0.15, 0.2) is 12.3 Å². The van der Waals surface area contributed by atoms with Crippen molar-refractivity contribution in [2.24, 2.45) is 0 Å². The molecule has 17 heavy (non-hydrogen) atoms. The number of rotatable bonds is 3. The largest absolute Gasteiger partial charge is 0.444 e. The van der Waals surface area contributed by atoms with Gasteiger partial charge in [0.1, 0.15) is 5.60 Å². The van der Waals surface area contributed by atoms with Crippen molar-refractivity contribution < 1.29 is 9.53 Å². The smallest absolute Gasteiger partial charge is 0.407 e. The van der Waals surface area contributed by atoms with Gasteiger partial charge in [-0.1, -0.05) is 0 Å². The van der Waals surface area contributed by atoms with Gasteiger partial charge in [-0.2, -0.15) is 0 Å². The van der Waals surface area contributed by atoms with Crippen molar-refractivity contribution in [1.82, 2.24) is 10.3 Å². The summed E-state index contributed by atoms with van der Waals surface area (Å²) in [5.41, 5.74) is 1.94. The van der Waals surface area contributed by atoms with Crippen molar-refractivity contribution >= 4 is 6.09 Å². The van der Waals surface area contributed by atoms with Gasteiger partial charge in [0.05, 0.1) is 0 Å². The molecule has 1 saturated carbocycles. The number of hydrogen-bond acceptors (Lipinski definition) is 2. The number of aromatic nitrogens is 1. The molecule has 1 aliphatic carbocycles. The number of nitrogens with one attached hydrogen (secondary N) is 2. The number of H-pyrrole nitrogens is 1. The zero-order valence-electron chi connectivity index (χ0n) is 10.7. The Bertz CT molecular complexity index is 400. The molecule has 0 atom stereocenters. The number of alkyl carbamates (subject to hydrolysis) is 1. The highest BCUT2D eigenvalue weighted by Crippen LogP contribution is 2.39. The molecule has 0 saturated heterocycles. The van der Waals surface area contributed by atoms with Crippen LogP contribution in [0.1, 0.15) is 50.8 Å². The van der Waals surface area contributed by atoms with Gasteiger partial charge in [-0.25, -0.2) is 4.79 Å². The molecule has 1 fully saturated rings. The Kier molecular flexibility index (Phi) is 3.13. The molecule has 1 aliphatic rings. The maximum atomic E-state index is 11.4. The monoisotopic (exact) mass is 236 g/mol. The lowest BCUT2D eigenvalue weighted by Crippen LogP contribution is -2.32. The molecule has 0 unspecified atom stereocenters. The van der Waals surface area contributed by atoms with Crippen molar-refractivity contribution in [3.05, 3.63) is 23.5 Å². The summed E-state index contributed by atoms with van der Waals surface area (Å²) in [4.78, 5) is 14.7. The van der Waals surface area contributed by atoms with Crippen LogP contribution in [0.3, 0.4) is 0 Å². The Morgan fingerprint density at radius 1 is 1.53 bits per heavy atom. The molecular formula is C13H20N2O2. The molecule has 0 spiro atoms. The van der Waals surface area contributed by atoms with E-state index < -0.39 is 5.60 Å². The van der Waals surface area contributed by atoms with Crippen LogP contribution >= 0.6 is 0 Å². The topological polar surface area (TPSA) is 54.1 Å². The van der Waals surface area contributed by atoms with E-state index in [9.17, 15) is 4.79 Å². The average Bonchev–Trinajstić information content (AvgIpc) is 2.93. The third-order valence-corrected chi connectivity index (χ3v) is 2.62. The molecule has 2 N–H and O–H groups in total. The number of aromatic amines is 1. The van der Waals surface area contributed by atoms with E-state index in [0.717, 1.165) is 5.56 Å². The predicted octanol–water partition coefficient (Wildman–Crippen LogP) is 2.92. The molecule has 0 radical (unpaired) electrons. The third-order valence-electron chi connectivity index (χ3n) is 2.62. The van der Waals surface area contributed by atoms with Crippen LogP contribution in [0.4, 0.5) is 4.79 Å². The van der Waals surface area contributed by atoms with E-state index in [-0.39, 0.29) is 6.09 Å². The SMILES string of the molecule is CC(C)(C)OC(=O)NCc1c[nH]c(C2CC2)c1. The molecule has 1 aromatic rings. The lowest BCUT2D eigenvalue weighted by Gasteiger charge is -2.19. The minimum absolute atomic E-state index is 0.369. The molecule has 1 aromatic heterocycles. The fourth-order valence-electron chi connectivity index (χ4n) is 1.68. The van der Waals surface area contributed by atoms with Gasteiger partial charge in [0.2, 0.25) is 0 Å². The maximum Gasteiger partial charge on any atom is 0.407 e. The molecule has 1 heterocycles. The van der Waals surface area contributed by atoms with Crippen molar-refractivity contribution in [2.45, 2.75) is 51.7 Å². The van der Waals surface area contributed by atoms with Crippen molar-refractivity contribution in [3.63, 3.8) is 0 Å². The minimum atomic E-state index is -0.443. The zero-order valence-corrected chi connectivity index (χ0v) is 10.7. The molecular weight excluding hydrogens is 216 g/mol. The first-order valence-electron chi connectivity index (χ1n) is 6.08. The second-order valence-corrected chi connectivity index (χ2v) is 5.59. The van der Waals surface area contributed by atoms with E-state index in [1.807, 2.05) is 27.0 Å². The predicted molar refractivity (Wildman–Crippen MR) is 65.8 cm³/mol. The van der Waals surface area contributed by atoms with E-state index in [4.69, 9.17) is 4.74 Å². The van der Waals surface area contributed by atoms with Crippen LogP contribution < -0.4 is 5.32 Å². The molecule has 4 nitrogen and oxygen atoms in total. The summed E-state index contributed by atoms with van der Waals surface area (Å²) in [5, 5.41) is 2.75. The Morgan fingerprint density at radius 3 is 2.82 bits per heavy atom. The van der Waals surface area contributed by atoms with Crippen molar-refractivity contribution in [2.75, 3.05) is 0 Å². The summed E-state index contributed by atoms with van der Waals surface area (Å²) < 4.78 is 5.17. The standard InChI is InChI=1S/C13H20N2O2/c1-13(2,3)17-12(16)15-8-9-6-11(14-7-9)10-4-5-10/h6-7,10,14H,4-5,8H2,1-3H3,(H,15,16). The van der Waals surface area contributed by atoms with E-state index in [1.54, 1.807) is 0 Å². The van der Waals surface area contributed by atoms with Crippen LogP contribution in [-0.2, 0) is 11.3 Å². The fraction of sp³-hybridized carbons (Fsp3) is 0.615. The summed E-state index contributed by atoms with van der Waals surface area (Å²) in [6, 6.07) is 2.12. The van der Waals surface area contributed by atoms with Crippen LogP contribution in [0.2, 0.25) is 0 Å². The molecule has 0 aromatic carbocycles. The van der Waals surface area contributed by atoms with Gasteiger partial charge in [0.15, 0.2) is 0 Å². The number of hydrogen-bond donors (Lipinski definition) is 2. The highest BCUT2D eigenvalue weighted by atomic mass is 16.6. The normalized spacial score (nSPS) is 15.7. The molecule has 94 valence electrons. The van der Waals surface area contributed by atoms with E-state index in [1.165, 1.54) is 18.5 Å².